The summed E-state index contributed by atoms with van der Waals surface area (Å²) in [5.74, 6) is 0.861. The van der Waals surface area contributed by atoms with Gasteiger partial charge in [-0.25, -0.2) is 4.98 Å². The Bertz CT molecular complexity index is 584. The van der Waals surface area contributed by atoms with Crippen LogP contribution < -0.4 is 10.6 Å². The summed E-state index contributed by atoms with van der Waals surface area (Å²) in [6.45, 7) is 2.03. The molecule has 0 saturated heterocycles. The molecule has 2 N–H and O–H groups in total. The predicted octanol–water partition coefficient (Wildman–Crippen LogP) is 4.05. The second-order valence-electron chi connectivity index (χ2n) is 4.06. The zero-order valence-electron chi connectivity index (χ0n) is 10.1. The first-order chi connectivity index (χ1) is 8.49. The van der Waals surface area contributed by atoms with E-state index in [1.807, 2.05) is 43.1 Å². The summed E-state index contributed by atoms with van der Waals surface area (Å²) in [6, 6.07) is 9.64. The van der Waals surface area contributed by atoms with E-state index in [0.717, 1.165) is 11.3 Å². The molecule has 0 amide bonds. The van der Waals surface area contributed by atoms with Crippen molar-refractivity contribution in [3.8, 4) is 0 Å². The van der Waals surface area contributed by atoms with Crippen molar-refractivity contribution in [1.82, 2.24) is 4.98 Å². The highest BCUT2D eigenvalue weighted by Crippen LogP contribution is 2.33. The average Bonchev–Trinajstić information content (AvgIpc) is 2.33. The summed E-state index contributed by atoms with van der Waals surface area (Å²) in [6.07, 6.45) is 0. The molecule has 5 heteroatoms. The number of hydrogen-bond donors (Lipinski definition) is 1. The third-order valence-corrected chi connectivity index (χ3v) is 3.23. The van der Waals surface area contributed by atoms with E-state index in [1.54, 1.807) is 6.07 Å². The molecule has 0 atom stereocenters. The van der Waals surface area contributed by atoms with Crippen LogP contribution in [0, 0.1) is 6.92 Å². The lowest BCUT2D eigenvalue weighted by Crippen LogP contribution is -2.12. The molecule has 0 bridgehead atoms. The van der Waals surface area contributed by atoms with Gasteiger partial charge in [0.05, 0.1) is 10.0 Å². The fraction of sp³-hybridized carbons (Fsp3) is 0.154. The Kier molecular flexibility index (Phi) is 3.64. The lowest BCUT2D eigenvalue weighted by molar-refractivity contribution is 1.13. The van der Waals surface area contributed by atoms with Crippen molar-refractivity contribution in [3.05, 3.63) is 45.9 Å². The molecular formula is C13H13Cl2N3. The first-order valence-corrected chi connectivity index (χ1v) is 6.16. The fourth-order valence-corrected chi connectivity index (χ4v) is 2.15. The van der Waals surface area contributed by atoms with Crippen LogP contribution >= 0.6 is 23.2 Å². The molecule has 2 rings (SSSR count). The highest BCUT2D eigenvalue weighted by atomic mass is 35.5. The number of halogens is 2. The molecule has 1 aromatic carbocycles. The lowest BCUT2D eigenvalue weighted by atomic mass is 10.2. The second-order valence-corrected chi connectivity index (χ2v) is 4.87. The van der Waals surface area contributed by atoms with Crippen molar-refractivity contribution in [2.45, 2.75) is 6.92 Å². The molecule has 0 spiro atoms. The van der Waals surface area contributed by atoms with Crippen molar-refractivity contribution in [2.75, 3.05) is 17.7 Å². The van der Waals surface area contributed by atoms with Gasteiger partial charge in [0, 0.05) is 12.7 Å². The number of nitrogens with zero attached hydrogens (tertiary/aromatic N) is 2. The number of pyridine rings is 1. The molecule has 3 nitrogen and oxygen atoms in total. The van der Waals surface area contributed by atoms with E-state index in [-0.39, 0.29) is 5.82 Å². The molecule has 0 saturated carbocycles. The van der Waals surface area contributed by atoms with Gasteiger partial charge in [0.25, 0.3) is 0 Å². The average molecular weight is 282 g/mol. The van der Waals surface area contributed by atoms with Crippen LogP contribution in [0.2, 0.25) is 10.0 Å². The van der Waals surface area contributed by atoms with Gasteiger partial charge in [-0.2, -0.15) is 0 Å². The smallest absolute Gasteiger partial charge is 0.154 e. The first-order valence-electron chi connectivity index (χ1n) is 5.41. The van der Waals surface area contributed by atoms with Crippen molar-refractivity contribution in [3.63, 3.8) is 0 Å². The first kappa shape index (κ1) is 13.0. The van der Waals surface area contributed by atoms with Crippen LogP contribution in [0.3, 0.4) is 0 Å². The van der Waals surface area contributed by atoms with Crippen molar-refractivity contribution < 1.29 is 0 Å². The van der Waals surface area contributed by atoms with E-state index in [0.29, 0.717) is 15.9 Å². The molecule has 0 fully saturated rings. The summed E-state index contributed by atoms with van der Waals surface area (Å²) in [5.41, 5.74) is 7.86. The molecule has 0 aliphatic rings. The van der Waals surface area contributed by atoms with Crippen LogP contribution in [-0.2, 0) is 0 Å². The normalized spacial score (nSPS) is 10.4. The topological polar surface area (TPSA) is 42.2 Å². The Morgan fingerprint density at radius 3 is 2.56 bits per heavy atom. The van der Waals surface area contributed by atoms with Crippen LogP contribution in [0.1, 0.15) is 5.56 Å². The largest absolute Gasteiger partial charge is 0.382 e. The molecule has 2 aromatic rings. The highest BCUT2D eigenvalue weighted by molar-refractivity contribution is 6.37. The lowest BCUT2D eigenvalue weighted by Gasteiger charge is -2.20. The Labute approximate surface area is 116 Å². The van der Waals surface area contributed by atoms with Crippen molar-refractivity contribution >= 4 is 40.5 Å². The number of hydrogen-bond acceptors (Lipinski definition) is 3. The third kappa shape index (κ3) is 2.52. The number of rotatable bonds is 2. The monoisotopic (exact) mass is 281 g/mol. The number of nitrogens with two attached hydrogens (primary N) is 1. The number of aromatic nitrogens is 1. The molecule has 94 valence electrons. The fourth-order valence-electron chi connectivity index (χ4n) is 1.66. The molecular weight excluding hydrogens is 269 g/mol. The highest BCUT2D eigenvalue weighted by Gasteiger charge is 2.12. The van der Waals surface area contributed by atoms with E-state index < -0.39 is 0 Å². The van der Waals surface area contributed by atoms with Gasteiger partial charge in [0.15, 0.2) is 5.82 Å². The quantitative estimate of drug-likeness (QED) is 0.903. The minimum atomic E-state index is 0.274. The summed E-state index contributed by atoms with van der Waals surface area (Å²) in [4.78, 5) is 6.10. The SMILES string of the molecule is Cc1cccc(N(C)c2nc(N)c(Cl)cc2Cl)c1. The molecule has 0 aliphatic heterocycles. The Balaban J connectivity index is 2.46. The standard InChI is InChI=1S/C13H13Cl2N3/c1-8-4-3-5-9(6-8)18(2)13-11(15)7-10(14)12(16)17-13/h3-7H,1-2H3,(H2,16,17). The van der Waals surface area contributed by atoms with Crippen LogP contribution in [0.4, 0.5) is 17.3 Å². The molecule has 18 heavy (non-hydrogen) atoms. The molecule has 0 aliphatic carbocycles. The Hall–Kier alpha value is -1.45. The Morgan fingerprint density at radius 2 is 1.89 bits per heavy atom. The van der Waals surface area contributed by atoms with E-state index in [4.69, 9.17) is 28.9 Å². The van der Waals surface area contributed by atoms with E-state index >= 15 is 0 Å². The van der Waals surface area contributed by atoms with Crippen LogP contribution in [-0.4, -0.2) is 12.0 Å². The van der Waals surface area contributed by atoms with Gasteiger partial charge in [-0.3, -0.25) is 0 Å². The van der Waals surface area contributed by atoms with Gasteiger partial charge >= 0.3 is 0 Å². The van der Waals surface area contributed by atoms with E-state index in [1.165, 1.54) is 0 Å². The zero-order valence-corrected chi connectivity index (χ0v) is 11.6. The maximum Gasteiger partial charge on any atom is 0.154 e. The van der Waals surface area contributed by atoms with Crippen molar-refractivity contribution in [1.29, 1.82) is 0 Å². The number of aryl methyl sites for hydroxylation is 1. The number of nitrogen functional groups attached to an aromatic ring is 1. The van der Waals surface area contributed by atoms with Gasteiger partial charge in [0.1, 0.15) is 5.82 Å². The van der Waals surface area contributed by atoms with E-state index in [2.05, 4.69) is 4.98 Å². The number of anilines is 3. The Morgan fingerprint density at radius 1 is 1.17 bits per heavy atom. The summed E-state index contributed by atoms with van der Waals surface area (Å²) in [5, 5.41) is 0.833. The van der Waals surface area contributed by atoms with Gasteiger partial charge in [-0.1, -0.05) is 35.3 Å². The summed E-state index contributed by atoms with van der Waals surface area (Å²) < 4.78 is 0. The second kappa shape index (κ2) is 5.04. The zero-order chi connectivity index (χ0) is 13.3. The van der Waals surface area contributed by atoms with Gasteiger partial charge < -0.3 is 10.6 Å². The minimum absolute atomic E-state index is 0.274. The van der Waals surface area contributed by atoms with Crippen LogP contribution in [0.25, 0.3) is 0 Å². The van der Waals surface area contributed by atoms with Gasteiger partial charge in [-0.05, 0) is 30.7 Å². The maximum atomic E-state index is 6.14. The van der Waals surface area contributed by atoms with Crippen LogP contribution in [0.15, 0.2) is 30.3 Å². The molecule has 0 radical (unpaired) electrons. The van der Waals surface area contributed by atoms with Crippen molar-refractivity contribution in [2.24, 2.45) is 0 Å². The van der Waals surface area contributed by atoms with Crippen LogP contribution in [0.5, 0.6) is 0 Å². The minimum Gasteiger partial charge on any atom is -0.382 e. The molecule has 1 heterocycles. The van der Waals surface area contributed by atoms with E-state index in [9.17, 15) is 0 Å². The summed E-state index contributed by atoms with van der Waals surface area (Å²) >= 11 is 12.0. The maximum absolute atomic E-state index is 6.14. The van der Waals surface area contributed by atoms with Gasteiger partial charge in [-0.15, -0.1) is 0 Å². The van der Waals surface area contributed by atoms with Gasteiger partial charge in [0.2, 0.25) is 0 Å². The molecule has 0 unspecified atom stereocenters. The molecule has 1 aromatic heterocycles. The predicted molar refractivity (Wildman–Crippen MR) is 77.9 cm³/mol. The summed E-state index contributed by atoms with van der Waals surface area (Å²) in [7, 11) is 1.89. The third-order valence-electron chi connectivity index (χ3n) is 2.64. The number of benzene rings is 1.